The van der Waals surface area contributed by atoms with Gasteiger partial charge in [-0.1, -0.05) is 30.3 Å². The first kappa shape index (κ1) is 22.5. The predicted molar refractivity (Wildman–Crippen MR) is 130 cm³/mol. The van der Waals surface area contributed by atoms with Gasteiger partial charge in [-0.15, -0.1) is 0 Å². The largest absolute Gasteiger partial charge is 0.336 e. The molecule has 1 fully saturated rings. The van der Waals surface area contributed by atoms with Crippen molar-refractivity contribution in [2.45, 2.75) is 0 Å². The smallest absolute Gasteiger partial charge is 0.259 e. The molecule has 2 amide bonds. The SMILES string of the molecule is O=C(CN1CCN(C(=O)c2cnn(-c3ccccc3F)c2-n2cccc2)CC1)Nc1ccccc1. The van der Waals surface area contributed by atoms with Crippen molar-refractivity contribution >= 4 is 17.5 Å². The highest BCUT2D eigenvalue weighted by molar-refractivity contribution is 5.97. The van der Waals surface area contributed by atoms with Crippen LogP contribution in [-0.2, 0) is 4.79 Å². The molecule has 1 aliphatic heterocycles. The first-order valence-electron chi connectivity index (χ1n) is 11.4. The summed E-state index contributed by atoms with van der Waals surface area (Å²) in [6, 6.07) is 19.3. The number of nitrogens with zero attached hydrogens (tertiary/aromatic N) is 5. The van der Waals surface area contributed by atoms with E-state index < -0.39 is 5.82 Å². The van der Waals surface area contributed by atoms with Crippen LogP contribution < -0.4 is 5.32 Å². The average Bonchev–Trinajstić information content (AvgIpc) is 3.55. The van der Waals surface area contributed by atoms with Gasteiger partial charge in [-0.05, 0) is 36.4 Å². The molecule has 5 rings (SSSR count). The van der Waals surface area contributed by atoms with Crippen LogP contribution in [0.15, 0.2) is 85.3 Å². The van der Waals surface area contributed by atoms with Crippen LogP contribution in [0.4, 0.5) is 10.1 Å². The van der Waals surface area contributed by atoms with E-state index in [0.29, 0.717) is 37.6 Å². The minimum atomic E-state index is -0.426. The Bertz CT molecular complexity index is 1310. The van der Waals surface area contributed by atoms with Crippen LogP contribution in [0, 0.1) is 5.82 Å². The van der Waals surface area contributed by atoms with Gasteiger partial charge in [0.05, 0.1) is 12.7 Å². The number of amides is 2. The molecule has 178 valence electrons. The quantitative estimate of drug-likeness (QED) is 0.468. The molecular formula is C26H25FN6O2. The Morgan fingerprint density at radius 3 is 2.29 bits per heavy atom. The summed E-state index contributed by atoms with van der Waals surface area (Å²) < 4.78 is 17.8. The number of rotatable bonds is 6. The first-order chi connectivity index (χ1) is 17.1. The number of carbonyl (C=O) groups excluding carboxylic acids is 2. The third-order valence-electron chi connectivity index (χ3n) is 5.99. The maximum atomic E-state index is 14.5. The second-order valence-corrected chi connectivity index (χ2v) is 8.32. The lowest BCUT2D eigenvalue weighted by molar-refractivity contribution is -0.117. The van der Waals surface area contributed by atoms with Crippen molar-refractivity contribution in [2.75, 3.05) is 38.0 Å². The molecule has 0 radical (unpaired) electrons. The maximum absolute atomic E-state index is 14.5. The van der Waals surface area contributed by atoms with Gasteiger partial charge in [-0.2, -0.15) is 5.10 Å². The van der Waals surface area contributed by atoms with Crippen LogP contribution in [0.25, 0.3) is 11.5 Å². The van der Waals surface area contributed by atoms with Crippen LogP contribution in [0.3, 0.4) is 0 Å². The molecule has 1 N–H and O–H groups in total. The number of benzene rings is 2. The number of carbonyl (C=O) groups is 2. The van der Waals surface area contributed by atoms with E-state index in [4.69, 9.17) is 0 Å². The molecule has 9 heteroatoms. The predicted octanol–water partition coefficient (Wildman–Crippen LogP) is 3.20. The van der Waals surface area contributed by atoms with Crippen LogP contribution in [0.2, 0.25) is 0 Å². The van der Waals surface area contributed by atoms with Crippen molar-refractivity contribution in [3.63, 3.8) is 0 Å². The molecule has 2 aromatic heterocycles. The van der Waals surface area contributed by atoms with Gasteiger partial charge in [0.25, 0.3) is 5.91 Å². The van der Waals surface area contributed by atoms with E-state index >= 15 is 0 Å². The number of piperazine rings is 1. The van der Waals surface area contributed by atoms with Crippen LogP contribution in [-0.4, -0.2) is 68.7 Å². The molecule has 1 saturated heterocycles. The summed E-state index contributed by atoms with van der Waals surface area (Å²) in [7, 11) is 0. The van der Waals surface area contributed by atoms with Crippen molar-refractivity contribution in [3.05, 3.63) is 96.7 Å². The summed E-state index contributed by atoms with van der Waals surface area (Å²) >= 11 is 0. The third-order valence-corrected chi connectivity index (χ3v) is 5.99. The zero-order chi connectivity index (χ0) is 24.2. The number of para-hydroxylation sites is 2. The summed E-state index contributed by atoms with van der Waals surface area (Å²) in [5.41, 5.74) is 1.42. The molecule has 3 heterocycles. The maximum Gasteiger partial charge on any atom is 0.259 e. The highest BCUT2D eigenvalue weighted by Gasteiger charge is 2.28. The molecule has 35 heavy (non-hydrogen) atoms. The van der Waals surface area contributed by atoms with Crippen molar-refractivity contribution < 1.29 is 14.0 Å². The van der Waals surface area contributed by atoms with E-state index in [0.717, 1.165) is 5.69 Å². The fourth-order valence-electron chi connectivity index (χ4n) is 4.22. The summed E-state index contributed by atoms with van der Waals surface area (Å²) in [4.78, 5) is 29.6. The molecule has 0 spiro atoms. The van der Waals surface area contributed by atoms with Crippen LogP contribution >= 0.6 is 0 Å². The van der Waals surface area contributed by atoms with Crippen molar-refractivity contribution in [3.8, 4) is 11.5 Å². The minimum Gasteiger partial charge on any atom is -0.336 e. The molecule has 0 aliphatic carbocycles. The lowest BCUT2D eigenvalue weighted by atomic mass is 10.2. The molecule has 0 unspecified atom stereocenters. The van der Waals surface area contributed by atoms with Gasteiger partial charge in [-0.25, -0.2) is 9.07 Å². The zero-order valence-corrected chi connectivity index (χ0v) is 19.0. The highest BCUT2D eigenvalue weighted by atomic mass is 19.1. The standard InChI is InChI=1S/C26H25FN6O2/c27-22-10-4-5-11-23(22)33-25(31-12-6-7-13-31)21(18-28-33)26(35)32-16-14-30(15-17-32)19-24(34)29-20-8-2-1-3-9-20/h1-13,18H,14-17,19H2,(H,29,34). The number of nitrogens with one attached hydrogen (secondary N) is 1. The Morgan fingerprint density at radius 1 is 0.886 bits per heavy atom. The lowest BCUT2D eigenvalue weighted by Crippen LogP contribution is -2.50. The number of anilines is 1. The van der Waals surface area contributed by atoms with E-state index in [-0.39, 0.29) is 24.0 Å². The van der Waals surface area contributed by atoms with Gasteiger partial charge < -0.3 is 14.8 Å². The first-order valence-corrected chi connectivity index (χ1v) is 11.4. The number of hydrogen-bond donors (Lipinski definition) is 1. The van der Waals surface area contributed by atoms with E-state index in [1.54, 1.807) is 40.1 Å². The summed E-state index contributed by atoms with van der Waals surface area (Å²) in [6.45, 7) is 2.38. The van der Waals surface area contributed by atoms with Crippen molar-refractivity contribution in [1.29, 1.82) is 0 Å². The second kappa shape index (κ2) is 9.94. The molecule has 1 aliphatic rings. The fourth-order valence-corrected chi connectivity index (χ4v) is 4.22. The molecule has 0 saturated carbocycles. The van der Waals surface area contributed by atoms with Gasteiger partial charge in [0.15, 0.2) is 5.82 Å². The Labute approximate surface area is 202 Å². The third kappa shape index (κ3) is 4.85. The molecule has 2 aromatic carbocycles. The summed E-state index contributed by atoms with van der Waals surface area (Å²) in [5.74, 6) is -0.207. The van der Waals surface area contributed by atoms with E-state index in [1.165, 1.54) is 16.9 Å². The van der Waals surface area contributed by atoms with Gasteiger partial charge >= 0.3 is 0 Å². The Hall–Kier alpha value is -4.24. The molecular weight excluding hydrogens is 447 g/mol. The van der Waals surface area contributed by atoms with E-state index in [1.807, 2.05) is 47.4 Å². The summed E-state index contributed by atoms with van der Waals surface area (Å²) in [5, 5.41) is 7.25. The van der Waals surface area contributed by atoms with Crippen LogP contribution in [0.5, 0.6) is 0 Å². The van der Waals surface area contributed by atoms with Gasteiger partial charge in [-0.3, -0.25) is 14.5 Å². The fraction of sp³-hybridized carbons (Fsp3) is 0.192. The Morgan fingerprint density at radius 2 is 1.57 bits per heavy atom. The molecule has 4 aromatic rings. The van der Waals surface area contributed by atoms with Gasteiger partial charge in [0.2, 0.25) is 5.91 Å². The van der Waals surface area contributed by atoms with Crippen LogP contribution in [0.1, 0.15) is 10.4 Å². The van der Waals surface area contributed by atoms with Gasteiger partial charge in [0, 0.05) is 44.3 Å². The summed E-state index contributed by atoms with van der Waals surface area (Å²) in [6.07, 6.45) is 5.09. The second-order valence-electron chi connectivity index (χ2n) is 8.32. The van der Waals surface area contributed by atoms with E-state index in [9.17, 15) is 14.0 Å². The van der Waals surface area contributed by atoms with Crippen molar-refractivity contribution in [2.24, 2.45) is 0 Å². The molecule has 0 atom stereocenters. The number of aromatic nitrogens is 3. The normalized spacial score (nSPS) is 14.1. The Kier molecular flexibility index (Phi) is 6.40. The number of halogens is 1. The lowest BCUT2D eigenvalue weighted by Gasteiger charge is -2.34. The van der Waals surface area contributed by atoms with E-state index in [2.05, 4.69) is 10.4 Å². The Balaban J connectivity index is 1.29. The number of hydrogen-bond acceptors (Lipinski definition) is 4. The minimum absolute atomic E-state index is 0.0861. The molecule has 0 bridgehead atoms. The van der Waals surface area contributed by atoms with Crippen molar-refractivity contribution in [1.82, 2.24) is 24.1 Å². The molecule has 8 nitrogen and oxygen atoms in total. The average molecular weight is 473 g/mol. The van der Waals surface area contributed by atoms with Gasteiger partial charge in [0.1, 0.15) is 17.1 Å². The zero-order valence-electron chi connectivity index (χ0n) is 19.0. The monoisotopic (exact) mass is 472 g/mol. The highest BCUT2D eigenvalue weighted by Crippen LogP contribution is 2.23. The topological polar surface area (TPSA) is 75.4 Å².